The highest BCUT2D eigenvalue weighted by atomic mass is 16.6. The Kier molecular flexibility index (Phi) is 3.63. The van der Waals surface area contributed by atoms with E-state index < -0.39 is 22.5 Å². The summed E-state index contributed by atoms with van der Waals surface area (Å²) < 4.78 is 5.66. The van der Waals surface area contributed by atoms with Gasteiger partial charge in [-0.3, -0.25) is 14.9 Å². The van der Waals surface area contributed by atoms with Crippen LogP contribution in [0.1, 0.15) is 24.8 Å². The number of ether oxygens (including phenoxy) is 1. The fourth-order valence-corrected chi connectivity index (χ4v) is 2.42. The summed E-state index contributed by atoms with van der Waals surface area (Å²) in [6, 6.07) is 4.66. The fraction of sp³-hybridized carbons (Fsp3) is 0.462. The first-order chi connectivity index (χ1) is 9.33. The van der Waals surface area contributed by atoms with Gasteiger partial charge in [0, 0.05) is 12.5 Å². The maximum atomic E-state index is 11.1. The normalized spacial score (nSPS) is 25.4. The van der Waals surface area contributed by atoms with E-state index in [9.17, 15) is 14.9 Å². The molecule has 2 atom stereocenters. The van der Waals surface area contributed by atoms with Gasteiger partial charge in [0.15, 0.2) is 5.75 Å². The number of carboxylic acids is 1. The lowest BCUT2D eigenvalue weighted by molar-refractivity contribution is -0.386. The van der Waals surface area contributed by atoms with Gasteiger partial charge >= 0.3 is 11.7 Å². The van der Waals surface area contributed by atoms with Crippen LogP contribution in [0.5, 0.6) is 5.75 Å². The highest BCUT2D eigenvalue weighted by molar-refractivity contribution is 5.79. The average molecular weight is 280 g/mol. The number of para-hydroxylation sites is 1. The molecule has 20 heavy (non-hydrogen) atoms. The molecule has 1 aliphatic rings. The van der Waals surface area contributed by atoms with Crippen molar-refractivity contribution < 1.29 is 19.6 Å². The number of hydrogen-bond acceptors (Lipinski definition) is 5. The van der Waals surface area contributed by atoms with Gasteiger partial charge in [-0.15, -0.1) is 0 Å². The molecule has 0 heterocycles. The van der Waals surface area contributed by atoms with Gasteiger partial charge in [-0.05, 0) is 25.3 Å². The lowest BCUT2D eigenvalue weighted by Crippen LogP contribution is -2.46. The van der Waals surface area contributed by atoms with Crippen LogP contribution < -0.4 is 10.5 Å². The molecule has 2 rings (SSSR count). The van der Waals surface area contributed by atoms with Gasteiger partial charge in [0.1, 0.15) is 11.6 Å². The average Bonchev–Trinajstić information content (AvgIpc) is 2.75. The molecule has 0 aliphatic heterocycles. The molecule has 0 saturated heterocycles. The molecular weight excluding hydrogens is 264 g/mol. The molecule has 1 fully saturated rings. The SMILES string of the molecule is Cc1cccc([N+](=O)[O-])c1OC1CCC(N)(C(=O)O)C1. The van der Waals surface area contributed by atoms with E-state index in [0.29, 0.717) is 18.4 Å². The van der Waals surface area contributed by atoms with E-state index in [1.807, 2.05) is 0 Å². The van der Waals surface area contributed by atoms with Gasteiger partial charge in [-0.2, -0.15) is 0 Å². The van der Waals surface area contributed by atoms with E-state index in [4.69, 9.17) is 15.6 Å². The van der Waals surface area contributed by atoms with Crippen LogP contribution in [-0.2, 0) is 4.79 Å². The minimum absolute atomic E-state index is 0.116. The zero-order chi connectivity index (χ0) is 14.9. The maximum Gasteiger partial charge on any atom is 0.323 e. The van der Waals surface area contributed by atoms with Crippen LogP contribution in [0.15, 0.2) is 18.2 Å². The Balaban J connectivity index is 2.20. The molecule has 7 nitrogen and oxygen atoms in total. The summed E-state index contributed by atoms with van der Waals surface area (Å²) in [5, 5.41) is 20.1. The number of aliphatic carboxylic acids is 1. The predicted molar refractivity (Wildman–Crippen MR) is 70.7 cm³/mol. The van der Waals surface area contributed by atoms with Crippen LogP contribution in [0.3, 0.4) is 0 Å². The van der Waals surface area contributed by atoms with E-state index in [0.717, 1.165) is 0 Å². The minimum atomic E-state index is -1.30. The number of carboxylic acid groups (broad SMARTS) is 1. The Morgan fingerprint density at radius 2 is 2.30 bits per heavy atom. The van der Waals surface area contributed by atoms with Crippen LogP contribution in [0, 0.1) is 17.0 Å². The van der Waals surface area contributed by atoms with E-state index in [-0.39, 0.29) is 17.9 Å². The monoisotopic (exact) mass is 280 g/mol. The number of nitro groups is 1. The van der Waals surface area contributed by atoms with E-state index in [1.54, 1.807) is 19.1 Å². The molecule has 0 amide bonds. The van der Waals surface area contributed by atoms with E-state index >= 15 is 0 Å². The number of rotatable bonds is 4. The van der Waals surface area contributed by atoms with Crippen molar-refractivity contribution in [3.8, 4) is 5.75 Å². The van der Waals surface area contributed by atoms with Crippen molar-refractivity contribution in [3.05, 3.63) is 33.9 Å². The van der Waals surface area contributed by atoms with Crippen molar-refractivity contribution >= 4 is 11.7 Å². The Morgan fingerprint density at radius 1 is 1.60 bits per heavy atom. The smallest absolute Gasteiger partial charge is 0.323 e. The van der Waals surface area contributed by atoms with Crippen molar-refractivity contribution in [2.75, 3.05) is 0 Å². The summed E-state index contributed by atoms with van der Waals surface area (Å²) in [6.07, 6.45) is 0.491. The summed E-state index contributed by atoms with van der Waals surface area (Å²) in [4.78, 5) is 21.6. The van der Waals surface area contributed by atoms with Crippen LogP contribution in [-0.4, -0.2) is 27.6 Å². The first kappa shape index (κ1) is 14.3. The third-order valence-corrected chi connectivity index (χ3v) is 3.60. The van der Waals surface area contributed by atoms with Crippen molar-refractivity contribution in [1.29, 1.82) is 0 Å². The van der Waals surface area contributed by atoms with Gasteiger partial charge < -0.3 is 15.6 Å². The van der Waals surface area contributed by atoms with Crippen LogP contribution in [0.25, 0.3) is 0 Å². The summed E-state index contributed by atoms with van der Waals surface area (Å²) >= 11 is 0. The van der Waals surface area contributed by atoms with Gasteiger partial charge in [0.2, 0.25) is 0 Å². The van der Waals surface area contributed by atoms with Gasteiger partial charge in [-0.1, -0.05) is 12.1 Å². The molecule has 1 aliphatic carbocycles. The lowest BCUT2D eigenvalue weighted by Gasteiger charge is -2.19. The maximum absolute atomic E-state index is 11.1. The summed E-state index contributed by atoms with van der Waals surface area (Å²) in [6.45, 7) is 1.71. The Labute approximate surface area is 115 Å². The Hall–Kier alpha value is -2.15. The zero-order valence-corrected chi connectivity index (χ0v) is 11.0. The lowest BCUT2D eigenvalue weighted by atomic mass is 10.00. The second kappa shape index (κ2) is 5.09. The van der Waals surface area contributed by atoms with Crippen molar-refractivity contribution in [2.45, 2.75) is 37.8 Å². The molecule has 1 saturated carbocycles. The Morgan fingerprint density at radius 3 is 2.85 bits per heavy atom. The summed E-state index contributed by atoms with van der Waals surface area (Å²) in [7, 11) is 0. The molecule has 2 unspecified atom stereocenters. The summed E-state index contributed by atoms with van der Waals surface area (Å²) in [5.41, 5.74) is 4.99. The quantitative estimate of drug-likeness (QED) is 0.639. The zero-order valence-electron chi connectivity index (χ0n) is 11.0. The van der Waals surface area contributed by atoms with Crippen LogP contribution in [0.2, 0.25) is 0 Å². The molecule has 0 radical (unpaired) electrons. The van der Waals surface area contributed by atoms with Crippen molar-refractivity contribution in [3.63, 3.8) is 0 Å². The van der Waals surface area contributed by atoms with Gasteiger partial charge in [-0.25, -0.2) is 0 Å². The van der Waals surface area contributed by atoms with E-state index in [1.165, 1.54) is 6.07 Å². The molecule has 1 aromatic rings. The highest BCUT2D eigenvalue weighted by Crippen LogP contribution is 2.36. The molecule has 0 bridgehead atoms. The highest BCUT2D eigenvalue weighted by Gasteiger charge is 2.43. The first-order valence-electron chi connectivity index (χ1n) is 6.26. The number of hydrogen-bond donors (Lipinski definition) is 2. The molecule has 0 spiro atoms. The number of benzene rings is 1. The van der Waals surface area contributed by atoms with Gasteiger partial charge in [0.05, 0.1) is 4.92 Å². The van der Waals surface area contributed by atoms with Crippen LogP contribution in [0.4, 0.5) is 5.69 Å². The van der Waals surface area contributed by atoms with E-state index in [2.05, 4.69) is 0 Å². The molecular formula is C13H16N2O5. The standard InChI is InChI=1S/C13H16N2O5/c1-8-3-2-4-10(15(18)19)11(8)20-9-5-6-13(14,7-9)12(16)17/h2-4,9H,5-7,14H2,1H3,(H,16,17). The topological polar surface area (TPSA) is 116 Å². The number of aryl methyl sites for hydroxylation is 1. The predicted octanol–water partition coefficient (Wildman–Crippen LogP) is 1.62. The molecule has 7 heteroatoms. The fourth-order valence-electron chi connectivity index (χ4n) is 2.42. The number of nitrogens with zero attached hydrogens (tertiary/aromatic N) is 1. The molecule has 108 valence electrons. The third kappa shape index (κ3) is 2.57. The second-order valence-corrected chi connectivity index (χ2v) is 5.12. The molecule has 0 aromatic heterocycles. The van der Waals surface area contributed by atoms with Crippen molar-refractivity contribution in [2.24, 2.45) is 5.73 Å². The summed E-state index contributed by atoms with van der Waals surface area (Å²) in [5.74, 6) is -0.875. The Bertz CT molecular complexity index is 560. The van der Waals surface area contributed by atoms with Gasteiger partial charge in [0.25, 0.3) is 0 Å². The number of nitrogens with two attached hydrogens (primary N) is 1. The largest absolute Gasteiger partial charge is 0.483 e. The van der Waals surface area contributed by atoms with Crippen molar-refractivity contribution in [1.82, 2.24) is 0 Å². The minimum Gasteiger partial charge on any atom is -0.483 e. The molecule has 3 N–H and O–H groups in total. The van der Waals surface area contributed by atoms with Crippen LogP contribution >= 0.6 is 0 Å². The number of carbonyl (C=O) groups is 1. The molecule has 1 aromatic carbocycles. The number of nitro benzene ring substituents is 1. The first-order valence-corrected chi connectivity index (χ1v) is 6.26. The third-order valence-electron chi connectivity index (χ3n) is 3.60. The second-order valence-electron chi connectivity index (χ2n) is 5.12.